The summed E-state index contributed by atoms with van der Waals surface area (Å²) in [7, 11) is 0. The highest BCUT2D eigenvalue weighted by Gasteiger charge is 2.14. The van der Waals surface area contributed by atoms with E-state index in [4.69, 9.17) is 0 Å². The van der Waals surface area contributed by atoms with Crippen LogP contribution in [-0.4, -0.2) is 14.7 Å². The van der Waals surface area contributed by atoms with Gasteiger partial charge in [-0.1, -0.05) is 6.07 Å². The summed E-state index contributed by atoms with van der Waals surface area (Å²) < 4.78 is 27.7. The highest BCUT2D eigenvalue weighted by molar-refractivity contribution is 5.21. The fourth-order valence-corrected chi connectivity index (χ4v) is 1.38. The van der Waals surface area contributed by atoms with E-state index >= 15 is 0 Å². The van der Waals surface area contributed by atoms with Gasteiger partial charge in [0.2, 0.25) is 0 Å². The second-order valence-corrected chi connectivity index (χ2v) is 3.33. The van der Waals surface area contributed by atoms with Crippen molar-refractivity contribution in [3.8, 4) is 0 Å². The monoisotopic (exact) mass is 239 g/mol. The lowest BCUT2D eigenvalue weighted by atomic mass is 10.2. The van der Waals surface area contributed by atoms with Crippen molar-refractivity contribution in [2.45, 2.75) is 6.54 Å². The molecule has 2 rings (SSSR count). The molecule has 17 heavy (non-hydrogen) atoms. The second kappa shape index (κ2) is 4.28. The first-order chi connectivity index (χ1) is 8.08. The highest BCUT2D eigenvalue weighted by Crippen LogP contribution is 2.14. The number of halogens is 2. The van der Waals surface area contributed by atoms with Crippen LogP contribution < -0.4 is 0 Å². The van der Waals surface area contributed by atoms with Crippen LogP contribution in [-0.2, 0) is 6.54 Å². The molecule has 0 radical (unpaired) electrons. The quantitative estimate of drug-likeness (QED) is 0.608. The number of aromatic nitrogens is 2. The lowest BCUT2D eigenvalue weighted by molar-refractivity contribution is -0.389. The van der Waals surface area contributed by atoms with E-state index in [0.717, 1.165) is 16.8 Å². The predicted octanol–water partition coefficient (Wildman–Crippen LogP) is 2.12. The van der Waals surface area contributed by atoms with Crippen LogP contribution in [0.1, 0.15) is 5.56 Å². The third-order valence-corrected chi connectivity index (χ3v) is 2.20. The van der Waals surface area contributed by atoms with Gasteiger partial charge in [-0.2, -0.15) is 4.68 Å². The zero-order valence-electron chi connectivity index (χ0n) is 8.51. The van der Waals surface area contributed by atoms with Crippen LogP contribution in [0.5, 0.6) is 0 Å². The second-order valence-electron chi connectivity index (χ2n) is 3.33. The average Bonchev–Trinajstić information content (AvgIpc) is 2.72. The van der Waals surface area contributed by atoms with Crippen LogP contribution in [0, 0.1) is 21.7 Å². The Morgan fingerprint density at radius 2 is 1.94 bits per heavy atom. The Morgan fingerprint density at radius 1 is 1.29 bits per heavy atom. The molecular weight excluding hydrogens is 232 g/mol. The molecule has 0 aliphatic heterocycles. The van der Waals surface area contributed by atoms with Gasteiger partial charge in [-0.15, -0.1) is 0 Å². The van der Waals surface area contributed by atoms with Gasteiger partial charge in [0.05, 0.1) is 23.9 Å². The van der Waals surface area contributed by atoms with E-state index < -0.39 is 16.6 Å². The Kier molecular flexibility index (Phi) is 2.82. The SMILES string of the molecule is O=[N+]([O-])c1ccn(Cc2c(F)cccc2F)n1. The number of nitro groups is 1. The van der Waals surface area contributed by atoms with E-state index in [1.807, 2.05) is 0 Å². The molecule has 0 N–H and O–H groups in total. The third kappa shape index (κ3) is 2.27. The van der Waals surface area contributed by atoms with E-state index in [9.17, 15) is 18.9 Å². The van der Waals surface area contributed by atoms with Crippen molar-refractivity contribution in [3.63, 3.8) is 0 Å². The Morgan fingerprint density at radius 3 is 2.47 bits per heavy atom. The largest absolute Gasteiger partial charge is 0.389 e. The molecule has 0 fully saturated rings. The van der Waals surface area contributed by atoms with Crippen molar-refractivity contribution in [1.29, 1.82) is 0 Å². The predicted molar refractivity (Wildman–Crippen MR) is 54.3 cm³/mol. The summed E-state index contributed by atoms with van der Waals surface area (Å²) in [6.45, 7) is -0.188. The topological polar surface area (TPSA) is 61.0 Å². The number of benzene rings is 1. The number of hydrogen-bond donors (Lipinski definition) is 0. The Hall–Kier alpha value is -2.31. The van der Waals surface area contributed by atoms with Crippen LogP contribution >= 0.6 is 0 Å². The van der Waals surface area contributed by atoms with Crippen molar-refractivity contribution in [3.05, 3.63) is 57.8 Å². The molecule has 0 amide bonds. The molecule has 1 aromatic heterocycles. The summed E-state index contributed by atoms with van der Waals surface area (Å²) >= 11 is 0. The van der Waals surface area contributed by atoms with Crippen molar-refractivity contribution in [2.24, 2.45) is 0 Å². The maximum Gasteiger partial charge on any atom is 0.389 e. The van der Waals surface area contributed by atoms with Crippen molar-refractivity contribution in [2.75, 3.05) is 0 Å². The fraction of sp³-hybridized carbons (Fsp3) is 0.100. The van der Waals surface area contributed by atoms with Gasteiger partial charge in [-0.3, -0.25) is 0 Å². The Labute approximate surface area is 94.4 Å². The first kappa shape index (κ1) is 11.2. The van der Waals surface area contributed by atoms with Gasteiger partial charge < -0.3 is 10.1 Å². The van der Waals surface area contributed by atoms with Gasteiger partial charge in [0.1, 0.15) is 11.6 Å². The van der Waals surface area contributed by atoms with Crippen LogP contribution in [0.3, 0.4) is 0 Å². The minimum absolute atomic E-state index is 0.175. The molecule has 0 spiro atoms. The minimum atomic E-state index is -0.705. The zero-order chi connectivity index (χ0) is 12.4. The van der Waals surface area contributed by atoms with E-state index in [1.165, 1.54) is 18.3 Å². The summed E-state index contributed by atoms with van der Waals surface area (Å²) in [6, 6.07) is 4.66. The summed E-state index contributed by atoms with van der Waals surface area (Å²) in [5.74, 6) is -1.77. The molecular formula is C10H7F2N3O2. The molecule has 0 unspecified atom stereocenters. The number of rotatable bonds is 3. The van der Waals surface area contributed by atoms with Gasteiger partial charge in [0.15, 0.2) is 0 Å². The van der Waals surface area contributed by atoms with Crippen LogP contribution in [0.15, 0.2) is 30.5 Å². The summed E-state index contributed by atoms with van der Waals surface area (Å²) in [5.41, 5.74) is -0.175. The van der Waals surface area contributed by atoms with E-state index in [2.05, 4.69) is 5.10 Å². The molecule has 0 aliphatic carbocycles. The first-order valence-corrected chi connectivity index (χ1v) is 4.68. The smallest absolute Gasteiger partial charge is 0.358 e. The van der Waals surface area contributed by atoms with E-state index in [0.29, 0.717) is 0 Å². The van der Waals surface area contributed by atoms with E-state index in [-0.39, 0.29) is 17.9 Å². The lowest BCUT2D eigenvalue weighted by Gasteiger charge is -2.01. The molecule has 7 heteroatoms. The van der Waals surface area contributed by atoms with Gasteiger partial charge in [0, 0.05) is 5.56 Å². The molecule has 0 aliphatic rings. The van der Waals surface area contributed by atoms with Gasteiger partial charge in [-0.25, -0.2) is 8.78 Å². The minimum Gasteiger partial charge on any atom is -0.358 e. The molecule has 5 nitrogen and oxygen atoms in total. The van der Waals surface area contributed by atoms with Crippen LogP contribution in [0.4, 0.5) is 14.6 Å². The van der Waals surface area contributed by atoms with Gasteiger partial charge in [0.25, 0.3) is 0 Å². The third-order valence-electron chi connectivity index (χ3n) is 2.20. The van der Waals surface area contributed by atoms with E-state index in [1.54, 1.807) is 0 Å². The molecule has 0 saturated carbocycles. The van der Waals surface area contributed by atoms with Crippen molar-refractivity contribution < 1.29 is 13.7 Å². The highest BCUT2D eigenvalue weighted by atomic mass is 19.1. The number of nitrogens with zero attached hydrogens (tertiary/aromatic N) is 3. The average molecular weight is 239 g/mol. The molecule has 88 valence electrons. The maximum atomic E-state index is 13.3. The lowest BCUT2D eigenvalue weighted by Crippen LogP contribution is -2.05. The number of hydrogen-bond acceptors (Lipinski definition) is 3. The normalized spacial score (nSPS) is 10.5. The maximum absolute atomic E-state index is 13.3. The molecule has 0 saturated heterocycles. The van der Waals surface area contributed by atoms with Crippen LogP contribution in [0.25, 0.3) is 0 Å². The van der Waals surface area contributed by atoms with Crippen LogP contribution in [0.2, 0.25) is 0 Å². The summed E-state index contributed by atoms with van der Waals surface area (Å²) in [6.07, 6.45) is 1.30. The Bertz CT molecular complexity index is 548. The van der Waals surface area contributed by atoms with Gasteiger partial charge in [-0.05, 0) is 17.1 Å². The fourth-order valence-electron chi connectivity index (χ4n) is 1.38. The van der Waals surface area contributed by atoms with Crippen molar-refractivity contribution in [1.82, 2.24) is 9.78 Å². The standard InChI is InChI=1S/C10H7F2N3O2/c11-8-2-1-3-9(12)7(8)6-14-5-4-10(13-14)15(16)17/h1-5H,6H2. The molecule has 1 aromatic carbocycles. The molecule has 0 atom stereocenters. The summed E-state index contributed by atoms with van der Waals surface area (Å²) in [4.78, 5) is 9.71. The molecule has 2 aromatic rings. The summed E-state index contributed by atoms with van der Waals surface area (Å²) in [5, 5.41) is 14.0. The first-order valence-electron chi connectivity index (χ1n) is 4.68. The molecule has 0 bridgehead atoms. The molecule has 1 heterocycles. The Balaban J connectivity index is 2.28. The van der Waals surface area contributed by atoms with Gasteiger partial charge >= 0.3 is 5.82 Å². The zero-order valence-corrected chi connectivity index (χ0v) is 8.51. The van der Waals surface area contributed by atoms with Crippen molar-refractivity contribution >= 4 is 5.82 Å².